The maximum absolute atomic E-state index is 12.5. The number of hydrogen-bond acceptors (Lipinski definition) is 3. The van der Waals surface area contributed by atoms with Crippen molar-refractivity contribution in [3.63, 3.8) is 0 Å². The van der Waals surface area contributed by atoms with Crippen LogP contribution in [-0.4, -0.2) is 48.4 Å². The minimum Gasteiger partial charge on any atom is -0.478 e. The number of benzene rings is 1. The summed E-state index contributed by atoms with van der Waals surface area (Å²) in [7, 11) is 3.08. The van der Waals surface area contributed by atoms with Crippen molar-refractivity contribution < 1.29 is 19.5 Å². The normalized spacial score (nSPS) is 10.1. The highest BCUT2D eigenvalue weighted by Gasteiger charge is 2.23. The molecule has 2 N–H and O–H groups in total. The van der Waals surface area contributed by atoms with Gasteiger partial charge < -0.3 is 15.3 Å². The highest BCUT2D eigenvalue weighted by molar-refractivity contribution is 6.06. The minimum absolute atomic E-state index is 0.0202. The third-order valence-electron chi connectivity index (χ3n) is 3.35. The SMILES string of the molecule is CNC(=O)CCN(C)C(=O)c1c(C)ccc(C)c1C(=O)O. The average molecular weight is 292 g/mol. The summed E-state index contributed by atoms with van der Waals surface area (Å²) < 4.78 is 0. The van der Waals surface area contributed by atoms with Crippen molar-refractivity contribution in [1.82, 2.24) is 10.2 Å². The van der Waals surface area contributed by atoms with Crippen LogP contribution in [0, 0.1) is 13.8 Å². The summed E-state index contributed by atoms with van der Waals surface area (Å²) in [4.78, 5) is 36.5. The van der Waals surface area contributed by atoms with Crippen molar-refractivity contribution in [2.24, 2.45) is 0 Å². The molecule has 0 heterocycles. The van der Waals surface area contributed by atoms with E-state index in [0.29, 0.717) is 11.1 Å². The first-order chi connectivity index (χ1) is 9.79. The van der Waals surface area contributed by atoms with Gasteiger partial charge in [-0.1, -0.05) is 12.1 Å². The molecule has 1 aromatic rings. The van der Waals surface area contributed by atoms with Crippen molar-refractivity contribution in [3.8, 4) is 0 Å². The van der Waals surface area contributed by atoms with Gasteiger partial charge in [0.1, 0.15) is 0 Å². The lowest BCUT2D eigenvalue weighted by Gasteiger charge is -2.20. The van der Waals surface area contributed by atoms with Gasteiger partial charge in [-0.25, -0.2) is 4.79 Å². The summed E-state index contributed by atoms with van der Waals surface area (Å²) in [6.45, 7) is 3.58. The van der Waals surface area contributed by atoms with E-state index in [4.69, 9.17) is 0 Å². The highest BCUT2D eigenvalue weighted by atomic mass is 16.4. The molecule has 0 radical (unpaired) electrons. The number of aromatic carboxylic acids is 1. The van der Waals surface area contributed by atoms with Crippen LogP contribution < -0.4 is 5.32 Å². The van der Waals surface area contributed by atoms with Gasteiger partial charge in [-0.2, -0.15) is 0 Å². The summed E-state index contributed by atoms with van der Waals surface area (Å²) >= 11 is 0. The zero-order valence-corrected chi connectivity index (χ0v) is 12.7. The lowest BCUT2D eigenvalue weighted by Crippen LogP contribution is -2.33. The monoisotopic (exact) mass is 292 g/mol. The molecule has 0 aliphatic rings. The van der Waals surface area contributed by atoms with Crippen molar-refractivity contribution in [3.05, 3.63) is 34.4 Å². The third-order valence-corrected chi connectivity index (χ3v) is 3.35. The molecule has 0 aromatic heterocycles. The zero-order chi connectivity index (χ0) is 16.2. The van der Waals surface area contributed by atoms with E-state index in [-0.39, 0.29) is 30.0 Å². The Labute approximate surface area is 123 Å². The summed E-state index contributed by atoms with van der Waals surface area (Å²) in [6, 6.07) is 3.40. The third kappa shape index (κ3) is 3.81. The molecule has 0 atom stereocenters. The van der Waals surface area contributed by atoms with E-state index in [1.807, 2.05) is 0 Å². The molecule has 6 nitrogen and oxygen atoms in total. The lowest BCUT2D eigenvalue weighted by atomic mass is 9.96. The fourth-order valence-electron chi connectivity index (χ4n) is 2.05. The van der Waals surface area contributed by atoms with Crippen molar-refractivity contribution in [2.45, 2.75) is 20.3 Å². The zero-order valence-electron chi connectivity index (χ0n) is 12.7. The second-order valence-electron chi connectivity index (χ2n) is 4.90. The first kappa shape index (κ1) is 16.7. The fraction of sp³-hybridized carbons (Fsp3) is 0.400. The average Bonchev–Trinajstić information content (AvgIpc) is 2.45. The summed E-state index contributed by atoms with van der Waals surface area (Å²) in [5, 5.41) is 11.8. The van der Waals surface area contributed by atoms with E-state index in [1.54, 1.807) is 33.0 Å². The Morgan fingerprint density at radius 1 is 1.14 bits per heavy atom. The molecule has 0 fully saturated rings. The second-order valence-corrected chi connectivity index (χ2v) is 4.90. The van der Waals surface area contributed by atoms with Crippen LogP contribution in [0.2, 0.25) is 0 Å². The van der Waals surface area contributed by atoms with Gasteiger partial charge in [-0.3, -0.25) is 9.59 Å². The quantitative estimate of drug-likeness (QED) is 0.854. The number of nitrogens with zero attached hydrogens (tertiary/aromatic N) is 1. The first-order valence-electron chi connectivity index (χ1n) is 6.59. The van der Waals surface area contributed by atoms with Gasteiger partial charge in [0.15, 0.2) is 0 Å². The number of hydrogen-bond donors (Lipinski definition) is 2. The molecule has 0 spiro atoms. The Balaban J connectivity index is 3.09. The molecular formula is C15H20N2O4. The van der Waals surface area contributed by atoms with Gasteiger partial charge in [0.25, 0.3) is 5.91 Å². The van der Waals surface area contributed by atoms with E-state index in [1.165, 1.54) is 11.9 Å². The van der Waals surface area contributed by atoms with Crippen LogP contribution in [0.5, 0.6) is 0 Å². The molecule has 6 heteroatoms. The number of carbonyl (C=O) groups excluding carboxylic acids is 2. The van der Waals surface area contributed by atoms with Crippen LogP contribution in [0.15, 0.2) is 12.1 Å². The van der Waals surface area contributed by atoms with Crippen LogP contribution >= 0.6 is 0 Å². The molecule has 0 aliphatic heterocycles. The maximum atomic E-state index is 12.5. The number of aryl methyl sites for hydroxylation is 2. The molecule has 0 saturated carbocycles. The number of rotatable bonds is 5. The molecule has 2 amide bonds. The molecule has 0 aliphatic carbocycles. The predicted molar refractivity (Wildman–Crippen MR) is 78.5 cm³/mol. The highest BCUT2D eigenvalue weighted by Crippen LogP contribution is 2.20. The number of carboxylic acids is 1. The number of carboxylic acid groups (broad SMARTS) is 1. The van der Waals surface area contributed by atoms with Crippen LogP contribution in [0.25, 0.3) is 0 Å². The topological polar surface area (TPSA) is 86.7 Å². The lowest BCUT2D eigenvalue weighted by molar-refractivity contribution is -0.120. The Bertz CT molecular complexity index is 581. The van der Waals surface area contributed by atoms with Crippen molar-refractivity contribution in [2.75, 3.05) is 20.6 Å². The van der Waals surface area contributed by atoms with Gasteiger partial charge in [0.05, 0.1) is 11.1 Å². The molecule has 0 saturated heterocycles. The molecule has 21 heavy (non-hydrogen) atoms. The first-order valence-corrected chi connectivity index (χ1v) is 6.59. The molecule has 0 bridgehead atoms. The Kier molecular flexibility index (Phi) is 5.46. The molecule has 114 valence electrons. The van der Waals surface area contributed by atoms with Crippen molar-refractivity contribution >= 4 is 17.8 Å². The summed E-state index contributed by atoms with van der Waals surface area (Å²) in [5.41, 5.74) is 1.35. The maximum Gasteiger partial charge on any atom is 0.336 e. The fourth-order valence-corrected chi connectivity index (χ4v) is 2.05. The largest absolute Gasteiger partial charge is 0.478 e. The molecule has 0 unspecified atom stereocenters. The number of nitrogens with one attached hydrogen (secondary N) is 1. The van der Waals surface area contributed by atoms with E-state index >= 15 is 0 Å². The van der Waals surface area contributed by atoms with E-state index in [9.17, 15) is 19.5 Å². The van der Waals surface area contributed by atoms with Gasteiger partial charge in [-0.15, -0.1) is 0 Å². The van der Waals surface area contributed by atoms with Gasteiger partial charge in [0, 0.05) is 27.1 Å². The van der Waals surface area contributed by atoms with Crippen molar-refractivity contribution in [1.29, 1.82) is 0 Å². The van der Waals surface area contributed by atoms with Gasteiger partial charge in [0.2, 0.25) is 5.91 Å². The van der Waals surface area contributed by atoms with Gasteiger partial charge in [-0.05, 0) is 25.0 Å². The van der Waals surface area contributed by atoms with Crippen LogP contribution in [-0.2, 0) is 4.79 Å². The van der Waals surface area contributed by atoms with E-state index in [0.717, 1.165) is 0 Å². The Morgan fingerprint density at radius 2 is 1.67 bits per heavy atom. The van der Waals surface area contributed by atoms with Gasteiger partial charge >= 0.3 is 5.97 Å². The van der Waals surface area contributed by atoms with Crippen LogP contribution in [0.4, 0.5) is 0 Å². The Hall–Kier alpha value is -2.37. The second kappa shape index (κ2) is 6.88. The minimum atomic E-state index is -1.13. The predicted octanol–water partition coefficient (Wildman–Crippen LogP) is 1.21. The van der Waals surface area contributed by atoms with E-state index in [2.05, 4.69) is 5.32 Å². The molecule has 1 rings (SSSR count). The Morgan fingerprint density at radius 3 is 2.14 bits per heavy atom. The van der Waals surface area contributed by atoms with Crippen LogP contribution in [0.3, 0.4) is 0 Å². The summed E-state index contributed by atoms with van der Waals surface area (Å²) in [5.74, 6) is -1.69. The summed E-state index contributed by atoms with van der Waals surface area (Å²) in [6.07, 6.45) is 0.173. The molecule has 1 aromatic carbocycles. The van der Waals surface area contributed by atoms with E-state index < -0.39 is 11.9 Å². The number of amides is 2. The van der Waals surface area contributed by atoms with Crippen LogP contribution in [0.1, 0.15) is 38.3 Å². The number of carbonyl (C=O) groups is 3. The standard InChI is InChI=1S/C15H20N2O4/c1-9-5-6-10(2)13(15(20)21)12(9)14(19)17(4)8-7-11(18)16-3/h5-6H,7-8H2,1-4H3,(H,16,18)(H,20,21). The molecular weight excluding hydrogens is 272 g/mol. The smallest absolute Gasteiger partial charge is 0.336 e.